The molecule has 7 heteroatoms. The molecule has 1 amide bonds. The number of rotatable bonds is 6. The van der Waals surface area contributed by atoms with E-state index >= 15 is 0 Å². The zero-order chi connectivity index (χ0) is 17.6. The van der Waals surface area contributed by atoms with Gasteiger partial charge in [-0.3, -0.25) is 14.6 Å². The first-order chi connectivity index (χ1) is 12.1. The zero-order valence-corrected chi connectivity index (χ0v) is 13.2. The van der Waals surface area contributed by atoms with Crippen LogP contribution in [0.4, 0.5) is 0 Å². The number of nitrogens with zero attached hydrogens (tertiary/aromatic N) is 3. The molecule has 1 atom stereocenters. The highest BCUT2D eigenvalue weighted by Crippen LogP contribution is 2.15. The lowest BCUT2D eigenvalue weighted by Gasteiger charge is -2.13. The molecule has 1 aromatic carbocycles. The van der Waals surface area contributed by atoms with Gasteiger partial charge in [0.25, 0.3) is 5.91 Å². The Morgan fingerprint density at radius 1 is 1.12 bits per heavy atom. The minimum atomic E-state index is -0.996. The maximum absolute atomic E-state index is 12.3. The van der Waals surface area contributed by atoms with E-state index in [0.717, 1.165) is 0 Å². The van der Waals surface area contributed by atoms with Crippen molar-refractivity contribution in [2.24, 2.45) is 0 Å². The van der Waals surface area contributed by atoms with E-state index in [2.05, 4.69) is 15.4 Å². The number of amides is 1. The van der Waals surface area contributed by atoms with Gasteiger partial charge in [-0.25, -0.2) is 4.68 Å². The summed E-state index contributed by atoms with van der Waals surface area (Å²) in [6, 6.07) is 13.9. The smallest absolute Gasteiger partial charge is 0.312 e. The first kappa shape index (κ1) is 16.4. The van der Waals surface area contributed by atoms with Crippen LogP contribution in [0.15, 0.2) is 67.1 Å². The molecule has 7 nitrogen and oxygen atoms in total. The molecule has 1 unspecified atom stereocenters. The number of aromatic nitrogens is 3. The van der Waals surface area contributed by atoms with E-state index < -0.39 is 17.8 Å². The summed E-state index contributed by atoms with van der Waals surface area (Å²) >= 11 is 0. The van der Waals surface area contributed by atoms with Crippen molar-refractivity contribution in [1.82, 2.24) is 20.1 Å². The summed E-state index contributed by atoms with van der Waals surface area (Å²) in [5.41, 5.74) is 1.53. The van der Waals surface area contributed by atoms with Crippen molar-refractivity contribution in [3.63, 3.8) is 0 Å². The average molecular weight is 336 g/mol. The van der Waals surface area contributed by atoms with Gasteiger partial charge >= 0.3 is 5.97 Å². The maximum Gasteiger partial charge on any atom is 0.312 e. The normalized spacial score (nSPS) is 11.7. The van der Waals surface area contributed by atoms with Gasteiger partial charge in [-0.05, 0) is 23.8 Å². The Morgan fingerprint density at radius 3 is 2.60 bits per heavy atom. The highest BCUT2D eigenvalue weighted by Gasteiger charge is 2.21. The second kappa shape index (κ2) is 7.39. The SMILES string of the molecule is O=C(NCC(C(=O)O)c1ccccc1)c1cc(-n2cccn2)ccn1. The molecule has 25 heavy (non-hydrogen) atoms. The molecule has 0 spiro atoms. The molecule has 3 aromatic rings. The fraction of sp³-hybridized carbons (Fsp3) is 0.111. The van der Waals surface area contributed by atoms with E-state index in [1.54, 1.807) is 59.5 Å². The van der Waals surface area contributed by atoms with Crippen LogP contribution in [0.25, 0.3) is 5.69 Å². The largest absolute Gasteiger partial charge is 0.481 e. The Kier molecular flexibility index (Phi) is 4.84. The summed E-state index contributed by atoms with van der Waals surface area (Å²) in [4.78, 5) is 27.9. The van der Waals surface area contributed by atoms with Crippen LogP contribution in [0, 0.1) is 0 Å². The topological polar surface area (TPSA) is 97.1 Å². The van der Waals surface area contributed by atoms with Crippen molar-refractivity contribution in [2.75, 3.05) is 6.54 Å². The van der Waals surface area contributed by atoms with Crippen molar-refractivity contribution < 1.29 is 14.7 Å². The number of carboxylic acids is 1. The fourth-order valence-corrected chi connectivity index (χ4v) is 2.43. The van der Waals surface area contributed by atoms with E-state index in [1.165, 1.54) is 6.20 Å². The number of carbonyl (C=O) groups excluding carboxylic acids is 1. The van der Waals surface area contributed by atoms with Crippen molar-refractivity contribution >= 4 is 11.9 Å². The Labute approximate surface area is 143 Å². The van der Waals surface area contributed by atoms with Crippen LogP contribution in [0.5, 0.6) is 0 Å². The van der Waals surface area contributed by atoms with Crippen LogP contribution < -0.4 is 5.32 Å². The van der Waals surface area contributed by atoms with Gasteiger partial charge in [0.1, 0.15) is 5.69 Å². The molecule has 0 bridgehead atoms. The Bertz CT molecular complexity index is 863. The Hall–Kier alpha value is -3.48. The minimum Gasteiger partial charge on any atom is -0.481 e. The summed E-state index contributed by atoms with van der Waals surface area (Å²) in [6.45, 7) is -0.0220. The molecule has 0 saturated heterocycles. The van der Waals surface area contributed by atoms with E-state index in [-0.39, 0.29) is 12.2 Å². The number of hydrogen-bond donors (Lipinski definition) is 2. The third-order valence-corrected chi connectivity index (χ3v) is 3.71. The van der Waals surface area contributed by atoms with E-state index in [9.17, 15) is 14.7 Å². The lowest BCUT2D eigenvalue weighted by Crippen LogP contribution is -2.32. The number of aliphatic carboxylic acids is 1. The number of carbonyl (C=O) groups is 2. The molecule has 126 valence electrons. The Balaban J connectivity index is 1.72. The molecule has 2 N–H and O–H groups in total. The fourth-order valence-electron chi connectivity index (χ4n) is 2.43. The monoisotopic (exact) mass is 336 g/mol. The van der Waals surface area contributed by atoms with Gasteiger partial charge in [0, 0.05) is 25.1 Å². The van der Waals surface area contributed by atoms with E-state index in [1.807, 2.05) is 6.07 Å². The average Bonchev–Trinajstić information content (AvgIpc) is 3.17. The van der Waals surface area contributed by atoms with Gasteiger partial charge in [0.2, 0.25) is 0 Å². The molecule has 0 radical (unpaired) electrons. The van der Waals surface area contributed by atoms with E-state index in [0.29, 0.717) is 11.3 Å². The van der Waals surface area contributed by atoms with Gasteiger partial charge < -0.3 is 10.4 Å². The van der Waals surface area contributed by atoms with Crippen molar-refractivity contribution in [1.29, 1.82) is 0 Å². The quantitative estimate of drug-likeness (QED) is 0.716. The number of pyridine rings is 1. The van der Waals surface area contributed by atoms with Crippen molar-refractivity contribution in [3.05, 3.63) is 78.4 Å². The molecule has 0 fully saturated rings. The lowest BCUT2D eigenvalue weighted by molar-refractivity contribution is -0.138. The van der Waals surface area contributed by atoms with Crippen LogP contribution in [0.3, 0.4) is 0 Å². The second-order valence-electron chi connectivity index (χ2n) is 5.36. The van der Waals surface area contributed by atoms with Crippen molar-refractivity contribution in [3.8, 4) is 5.69 Å². The van der Waals surface area contributed by atoms with Crippen LogP contribution in [-0.2, 0) is 4.79 Å². The first-order valence-corrected chi connectivity index (χ1v) is 7.67. The minimum absolute atomic E-state index is 0.0220. The van der Waals surface area contributed by atoms with Gasteiger partial charge in [0.05, 0.1) is 11.6 Å². The molecule has 2 heterocycles. The molecule has 0 aliphatic carbocycles. The van der Waals surface area contributed by atoms with Crippen LogP contribution in [-0.4, -0.2) is 38.3 Å². The predicted molar refractivity (Wildman–Crippen MR) is 90.5 cm³/mol. The van der Waals surface area contributed by atoms with Crippen LogP contribution in [0.1, 0.15) is 22.0 Å². The highest BCUT2D eigenvalue weighted by atomic mass is 16.4. The molecular formula is C18H16N4O3. The van der Waals surface area contributed by atoms with Crippen molar-refractivity contribution in [2.45, 2.75) is 5.92 Å². The number of benzene rings is 1. The molecule has 3 rings (SSSR count). The molecule has 0 saturated carbocycles. The predicted octanol–water partition coefficient (Wildman–Crippen LogP) is 1.87. The van der Waals surface area contributed by atoms with Gasteiger partial charge in [-0.1, -0.05) is 30.3 Å². The standard InChI is InChI=1S/C18H16N4O3/c23-17(16-11-14(7-9-19-16)22-10-4-8-21-22)20-12-15(18(24)25)13-5-2-1-3-6-13/h1-11,15H,12H2,(H,20,23)(H,24,25). The number of nitrogens with one attached hydrogen (secondary N) is 1. The molecular weight excluding hydrogens is 320 g/mol. The molecule has 2 aromatic heterocycles. The molecule has 0 aliphatic heterocycles. The highest BCUT2D eigenvalue weighted by molar-refractivity contribution is 5.93. The zero-order valence-electron chi connectivity index (χ0n) is 13.2. The maximum atomic E-state index is 12.3. The van der Waals surface area contributed by atoms with Gasteiger partial charge in [-0.2, -0.15) is 5.10 Å². The lowest BCUT2D eigenvalue weighted by atomic mass is 9.99. The number of carboxylic acid groups (broad SMARTS) is 1. The summed E-state index contributed by atoms with van der Waals surface area (Å²) in [5, 5.41) is 16.1. The summed E-state index contributed by atoms with van der Waals surface area (Å²) in [7, 11) is 0. The second-order valence-corrected chi connectivity index (χ2v) is 5.36. The summed E-state index contributed by atoms with van der Waals surface area (Å²) < 4.78 is 1.61. The third-order valence-electron chi connectivity index (χ3n) is 3.71. The molecule has 0 aliphatic rings. The number of hydrogen-bond acceptors (Lipinski definition) is 4. The summed E-state index contributed by atoms with van der Waals surface area (Å²) in [6.07, 6.45) is 4.90. The van der Waals surface area contributed by atoms with Gasteiger partial charge in [0.15, 0.2) is 0 Å². The first-order valence-electron chi connectivity index (χ1n) is 7.67. The Morgan fingerprint density at radius 2 is 1.92 bits per heavy atom. The third kappa shape index (κ3) is 3.89. The summed E-state index contributed by atoms with van der Waals surface area (Å²) in [5.74, 6) is -2.25. The van der Waals surface area contributed by atoms with Gasteiger partial charge in [-0.15, -0.1) is 0 Å². The van der Waals surface area contributed by atoms with Crippen LogP contribution >= 0.6 is 0 Å². The van der Waals surface area contributed by atoms with E-state index in [4.69, 9.17) is 0 Å². The van der Waals surface area contributed by atoms with Crippen LogP contribution in [0.2, 0.25) is 0 Å².